The van der Waals surface area contributed by atoms with Crippen molar-refractivity contribution in [2.45, 2.75) is 0 Å². The van der Waals surface area contributed by atoms with Gasteiger partial charge in [0.15, 0.2) is 0 Å². The third-order valence-corrected chi connectivity index (χ3v) is 2.90. The van der Waals surface area contributed by atoms with E-state index in [9.17, 15) is 4.79 Å². The number of hydrogen-bond donors (Lipinski definition) is 0. The van der Waals surface area contributed by atoms with Gasteiger partial charge in [0.2, 0.25) is 0 Å². The highest BCUT2D eigenvalue weighted by atomic mass is 127. The van der Waals surface area contributed by atoms with Crippen LogP contribution in [0.1, 0.15) is 0 Å². The molecule has 5 heteroatoms. The molecule has 0 N–H and O–H groups in total. The third-order valence-electron chi connectivity index (χ3n) is 2.90. The first-order valence-electron chi connectivity index (χ1n) is 6.58. The number of likely N-dealkylation sites (N-methyl/N-ethyl adjacent to an activating group) is 1. The summed E-state index contributed by atoms with van der Waals surface area (Å²) in [5.41, 5.74) is 0. The SMILES string of the molecule is C[N+](C)(C)CCOC(=O)Oc1ccc2ccccc2c1.[I-]. The summed E-state index contributed by atoms with van der Waals surface area (Å²) in [7, 11) is 6.12. The third kappa shape index (κ3) is 5.89. The summed E-state index contributed by atoms with van der Waals surface area (Å²) in [4.78, 5) is 11.6. The summed E-state index contributed by atoms with van der Waals surface area (Å²) in [6, 6.07) is 13.4. The molecule has 0 spiro atoms. The summed E-state index contributed by atoms with van der Waals surface area (Å²) < 4.78 is 11.0. The number of rotatable bonds is 4. The Labute approximate surface area is 142 Å². The van der Waals surface area contributed by atoms with E-state index in [1.165, 1.54) is 0 Å². The fourth-order valence-electron chi connectivity index (χ4n) is 1.76. The summed E-state index contributed by atoms with van der Waals surface area (Å²) >= 11 is 0. The van der Waals surface area contributed by atoms with Crippen molar-refractivity contribution < 1.29 is 42.7 Å². The highest BCUT2D eigenvalue weighted by Crippen LogP contribution is 2.20. The molecule has 0 saturated heterocycles. The Hall–Kier alpha value is -1.34. The van der Waals surface area contributed by atoms with E-state index in [-0.39, 0.29) is 24.0 Å². The van der Waals surface area contributed by atoms with Crippen molar-refractivity contribution in [3.63, 3.8) is 0 Å². The van der Waals surface area contributed by atoms with Crippen molar-refractivity contribution >= 4 is 16.9 Å². The Bertz CT molecular complexity index is 608. The zero-order valence-electron chi connectivity index (χ0n) is 12.5. The largest absolute Gasteiger partial charge is 1.00 e. The minimum absolute atomic E-state index is 0. The number of ether oxygens (including phenoxy) is 2. The van der Waals surface area contributed by atoms with Gasteiger partial charge in [0.25, 0.3) is 0 Å². The first-order valence-corrected chi connectivity index (χ1v) is 6.58. The van der Waals surface area contributed by atoms with Crippen molar-refractivity contribution in [3.05, 3.63) is 42.5 Å². The number of quaternary nitrogens is 1. The zero-order chi connectivity index (χ0) is 14.6. The quantitative estimate of drug-likeness (QED) is 0.315. The minimum atomic E-state index is -0.659. The Morgan fingerprint density at radius 1 is 1.05 bits per heavy atom. The molecule has 0 aliphatic rings. The second-order valence-electron chi connectivity index (χ2n) is 5.72. The van der Waals surface area contributed by atoms with E-state index in [2.05, 4.69) is 0 Å². The fourth-order valence-corrected chi connectivity index (χ4v) is 1.76. The lowest BCUT2D eigenvalue weighted by Gasteiger charge is -2.23. The summed E-state index contributed by atoms with van der Waals surface area (Å²) in [6.07, 6.45) is -0.659. The molecular formula is C16H20INO3. The molecular weight excluding hydrogens is 381 g/mol. The Kier molecular flexibility index (Phi) is 6.42. The molecule has 4 nitrogen and oxygen atoms in total. The van der Waals surface area contributed by atoms with Gasteiger partial charge in [0.05, 0.1) is 21.1 Å². The molecule has 0 radical (unpaired) electrons. The number of carbonyl (C=O) groups excluding carboxylic acids is 1. The lowest BCUT2D eigenvalue weighted by atomic mass is 10.1. The molecule has 0 saturated carbocycles. The van der Waals surface area contributed by atoms with Gasteiger partial charge < -0.3 is 37.9 Å². The first-order chi connectivity index (χ1) is 9.44. The van der Waals surface area contributed by atoms with Gasteiger partial charge in [-0.25, -0.2) is 4.79 Å². The van der Waals surface area contributed by atoms with Gasteiger partial charge in [-0.2, -0.15) is 0 Å². The molecule has 0 aliphatic carbocycles. The highest BCUT2D eigenvalue weighted by Gasteiger charge is 2.11. The molecule has 0 aliphatic heterocycles. The van der Waals surface area contributed by atoms with Gasteiger partial charge in [0.1, 0.15) is 18.9 Å². The van der Waals surface area contributed by atoms with Crippen molar-refractivity contribution in [2.24, 2.45) is 0 Å². The maximum absolute atomic E-state index is 11.6. The van der Waals surface area contributed by atoms with Gasteiger partial charge in [-0.15, -0.1) is 0 Å². The van der Waals surface area contributed by atoms with Crippen molar-refractivity contribution in [1.29, 1.82) is 0 Å². The first kappa shape index (κ1) is 17.7. The van der Waals surface area contributed by atoms with Gasteiger partial charge >= 0.3 is 6.16 Å². The van der Waals surface area contributed by atoms with E-state index >= 15 is 0 Å². The fraction of sp³-hybridized carbons (Fsp3) is 0.312. The van der Waals surface area contributed by atoms with Crippen LogP contribution in [0.2, 0.25) is 0 Å². The van der Waals surface area contributed by atoms with Crippen LogP contribution in [0, 0.1) is 0 Å². The molecule has 21 heavy (non-hydrogen) atoms. The summed E-state index contributed by atoms with van der Waals surface area (Å²) in [5.74, 6) is 0.499. The van der Waals surface area contributed by atoms with Crippen LogP contribution in [0.25, 0.3) is 10.8 Å². The lowest BCUT2D eigenvalue weighted by Crippen LogP contribution is -3.00. The van der Waals surface area contributed by atoms with Gasteiger partial charge in [-0.3, -0.25) is 0 Å². The minimum Gasteiger partial charge on any atom is -1.00 e. The highest BCUT2D eigenvalue weighted by molar-refractivity contribution is 5.84. The van der Waals surface area contributed by atoms with Crippen molar-refractivity contribution in [1.82, 2.24) is 0 Å². The van der Waals surface area contributed by atoms with E-state index < -0.39 is 6.16 Å². The standard InChI is InChI=1S/C16H20NO3.HI/c1-17(2,3)10-11-19-16(18)20-15-9-8-13-6-4-5-7-14(13)12-15;/h4-9,12H,10-11H2,1-3H3;1H/q+1;/p-1. The molecule has 0 atom stereocenters. The molecule has 0 heterocycles. The predicted octanol–water partition coefficient (Wildman–Crippen LogP) is 0.0654. The lowest BCUT2D eigenvalue weighted by molar-refractivity contribution is -0.870. The van der Waals surface area contributed by atoms with E-state index in [0.717, 1.165) is 21.8 Å². The van der Waals surface area contributed by atoms with Gasteiger partial charge in [-0.05, 0) is 22.9 Å². The Balaban J connectivity index is 0.00000220. The zero-order valence-corrected chi connectivity index (χ0v) is 14.7. The second kappa shape index (κ2) is 7.61. The van der Waals surface area contributed by atoms with E-state index in [0.29, 0.717) is 12.4 Å². The van der Waals surface area contributed by atoms with Crippen molar-refractivity contribution in [2.75, 3.05) is 34.3 Å². The number of carbonyl (C=O) groups is 1. The molecule has 0 bridgehead atoms. The number of nitrogens with zero attached hydrogens (tertiary/aromatic N) is 1. The average Bonchev–Trinajstić information content (AvgIpc) is 2.37. The topological polar surface area (TPSA) is 35.5 Å². The van der Waals surface area contributed by atoms with Crippen LogP contribution in [0.5, 0.6) is 5.75 Å². The van der Waals surface area contributed by atoms with Crippen molar-refractivity contribution in [3.8, 4) is 5.75 Å². The molecule has 0 unspecified atom stereocenters. The molecule has 114 valence electrons. The Morgan fingerprint density at radius 2 is 1.71 bits per heavy atom. The monoisotopic (exact) mass is 401 g/mol. The van der Waals surface area contributed by atoms with Crippen LogP contribution < -0.4 is 28.7 Å². The number of halogens is 1. The number of hydrogen-bond acceptors (Lipinski definition) is 3. The Morgan fingerprint density at radius 3 is 2.38 bits per heavy atom. The normalized spacial score (nSPS) is 10.8. The molecule has 2 aromatic carbocycles. The predicted molar refractivity (Wildman–Crippen MR) is 78.8 cm³/mol. The molecule has 0 amide bonds. The van der Waals surface area contributed by atoms with E-state index in [1.807, 2.05) is 57.5 Å². The van der Waals surface area contributed by atoms with Gasteiger partial charge in [-0.1, -0.05) is 30.3 Å². The number of fused-ring (bicyclic) bond motifs is 1. The van der Waals surface area contributed by atoms with Crippen LogP contribution in [0.15, 0.2) is 42.5 Å². The maximum Gasteiger partial charge on any atom is 0.514 e. The van der Waals surface area contributed by atoms with E-state index in [4.69, 9.17) is 9.47 Å². The van der Waals surface area contributed by atoms with Gasteiger partial charge in [0, 0.05) is 0 Å². The summed E-state index contributed by atoms with van der Waals surface area (Å²) in [5, 5.41) is 2.14. The molecule has 2 aromatic rings. The molecule has 0 fully saturated rings. The van der Waals surface area contributed by atoms with Crippen LogP contribution in [0.3, 0.4) is 0 Å². The van der Waals surface area contributed by atoms with Crippen LogP contribution >= 0.6 is 0 Å². The molecule has 0 aromatic heterocycles. The maximum atomic E-state index is 11.6. The number of benzene rings is 2. The van der Waals surface area contributed by atoms with E-state index in [1.54, 1.807) is 6.07 Å². The van der Waals surface area contributed by atoms with Crippen LogP contribution in [-0.2, 0) is 4.74 Å². The van der Waals surface area contributed by atoms with Crippen LogP contribution in [0.4, 0.5) is 4.79 Å². The second-order valence-corrected chi connectivity index (χ2v) is 5.72. The molecule has 2 rings (SSSR count). The average molecular weight is 401 g/mol. The smallest absolute Gasteiger partial charge is 0.514 e. The van der Waals surface area contributed by atoms with Crippen LogP contribution in [-0.4, -0.2) is 44.9 Å². The summed E-state index contributed by atoms with van der Waals surface area (Å²) in [6.45, 7) is 1.09.